The third kappa shape index (κ3) is 3.40. The van der Waals surface area contributed by atoms with Crippen molar-refractivity contribution >= 4 is 20.4 Å². The van der Waals surface area contributed by atoms with Gasteiger partial charge >= 0.3 is 0 Å². The van der Waals surface area contributed by atoms with Gasteiger partial charge < -0.3 is 9.84 Å². The van der Waals surface area contributed by atoms with E-state index in [4.69, 9.17) is 9.84 Å². The molecule has 2 aromatic rings. The summed E-state index contributed by atoms with van der Waals surface area (Å²) in [5.74, 6) is -0.0170. The molecular formula is C17H20O6S2. The van der Waals surface area contributed by atoms with E-state index in [0.29, 0.717) is 12.0 Å². The molecule has 1 heterocycles. The van der Waals surface area contributed by atoms with Crippen LogP contribution in [-0.2, 0) is 9.84 Å². The zero-order valence-electron chi connectivity index (χ0n) is 13.4. The first kappa shape index (κ1) is 18.2. The standard InChI is InChI=1S/C17H20O6S2/c18-10-5-11-23-15-9-4-8-14-16(12-24(19,20)17(14)15)25(21,22)13-6-2-1-3-7-13/h1-4,6-9,16,18-20H,5,10-12H2. The molecule has 0 aliphatic carbocycles. The molecule has 0 radical (unpaired) electrons. The molecule has 136 valence electrons. The van der Waals surface area contributed by atoms with Crippen molar-refractivity contribution in [2.75, 3.05) is 19.0 Å². The highest BCUT2D eigenvalue weighted by atomic mass is 32.3. The van der Waals surface area contributed by atoms with E-state index in [-0.39, 0.29) is 34.5 Å². The van der Waals surface area contributed by atoms with E-state index in [2.05, 4.69) is 0 Å². The minimum Gasteiger partial charge on any atom is -0.492 e. The zero-order chi connectivity index (χ0) is 18.1. The van der Waals surface area contributed by atoms with Crippen LogP contribution in [0.15, 0.2) is 58.3 Å². The maximum Gasteiger partial charge on any atom is 0.187 e. The lowest BCUT2D eigenvalue weighted by Gasteiger charge is -2.29. The molecule has 6 nitrogen and oxygen atoms in total. The molecule has 0 bridgehead atoms. The quantitative estimate of drug-likeness (QED) is 0.661. The first-order chi connectivity index (χ1) is 11.9. The fourth-order valence-corrected chi connectivity index (χ4v) is 7.47. The molecule has 1 atom stereocenters. The predicted molar refractivity (Wildman–Crippen MR) is 96.0 cm³/mol. The van der Waals surface area contributed by atoms with E-state index in [1.807, 2.05) is 0 Å². The smallest absolute Gasteiger partial charge is 0.187 e. The van der Waals surface area contributed by atoms with Crippen molar-refractivity contribution in [2.45, 2.75) is 21.5 Å². The highest BCUT2D eigenvalue weighted by molar-refractivity contribution is 8.25. The van der Waals surface area contributed by atoms with Gasteiger partial charge in [-0.3, -0.25) is 9.11 Å². The molecule has 8 heteroatoms. The van der Waals surface area contributed by atoms with Crippen LogP contribution in [0.3, 0.4) is 0 Å². The van der Waals surface area contributed by atoms with Crippen LogP contribution >= 0.6 is 10.6 Å². The van der Waals surface area contributed by atoms with Crippen LogP contribution in [0.2, 0.25) is 0 Å². The molecule has 3 N–H and O–H groups in total. The van der Waals surface area contributed by atoms with Crippen LogP contribution in [-0.4, -0.2) is 41.6 Å². The van der Waals surface area contributed by atoms with Crippen LogP contribution in [0.5, 0.6) is 5.75 Å². The molecule has 2 aromatic carbocycles. The SMILES string of the molecule is O=S(=O)(c1ccccc1)C1CS(O)(O)c2c(OCCCO)cccc21. The van der Waals surface area contributed by atoms with Gasteiger partial charge in [-0.1, -0.05) is 30.3 Å². The maximum atomic E-state index is 13.0. The Hall–Kier alpha value is -1.58. The van der Waals surface area contributed by atoms with Gasteiger partial charge in [-0.15, -0.1) is 0 Å². The van der Waals surface area contributed by atoms with Crippen molar-refractivity contribution in [3.05, 3.63) is 54.1 Å². The Morgan fingerprint density at radius 2 is 1.80 bits per heavy atom. The Kier molecular flexibility index (Phi) is 5.08. The second-order valence-corrected chi connectivity index (χ2v) is 9.99. The van der Waals surface area contributed by atoms with Crippen LogP contribution in [0, 0.1) is 0 Å². The van der Waals surface area contributed by atoms with Gasteiger partial charge in [-0.2, -0.15) is 10.6 Å². The highest BCUT2D eigenvalue weighted by Crippen LogP contribution is 2.64. The number of hydrogen-bond acceptors (Lipinski definition) is 6. The van der Waals surface area contributed by atoms with E-state index in [1.54, 1.807) is 36.4 Å². The summed E-state index contributed by atoms with van der Waals surface area (Å²) < 4.78 is 52.5. The molecule has 0 aromatic heterocycles. The normalized spacial score (nSPS) is 20.0. The third-order valence-corrected chi connectivity index (χ3v) is 8.27. The number of ether oxygens (including phenoxy) is 1. The van der Waals surface area contributed by atoms with Crippen LogP contribution in [0.1, 0.15) is 17.2 Å². The number of aliphatic hydroxyl groups excluding tert-OH is 1. The van der Waals surface area contributed by atoms with Crippen molar-refractivity contribution in [1.82, 2.24) is 0 Å². The van der Waals surface area contributed by atoms with Crippen molar-refractivity contribution in [3.63, 3.8) is 0 Å². The lowest BCUT2D eigenvalue weighted by Crippen LogP contribution is -2.15. The fraction of sp³-hybridized carbons (Fsp3) is 0.294. The largest absolute Gasteiger partial charge is 0.492 e. The summed E-state index contributed by atoms with van der Waals surface area (Å²) in [6.45, 7) is 0.162. The van der Waals surface area contributed by atoms with E-state index in [1.165, 1.54) is 12.1 Å². The summed E-state index contributed by atoms with van der Waals surface area (Å²) in [6.07, 6.45) is 0.397. The molecule has 0 spiro atoms. The Labute approximate surface area is 148 Å². The summed E-state index contributed by atoms with van der Waals surface area (Å²) in [5.41, 5.74) is 0.366. The van der Waals surface area contributed by atoms with Gasteiger partial charge in [0.2, 0.25) is 0 Å². The molecule has 0 amide bonds. The van der Waals surface area contributed by atoms with Crippen LogP contribution in [0.4, 0.5) is 0 Å². The molecule has 0 saturated heterocycles. The van der Waals surface area contributed by atoms with Gasteiger partial charge in [0.1, 0.15) is 15.9 Å². The topological polar surface area (TPSA) is 104 Å². The van der Waals surface area contributed by atoms with Crippen LogP contribution in [0.25, 0.3) is 0 Å². The molecule has 0 saturated carbocycles. The fourth-order valence-electron chi connectivity index (χ4n) is 2.91. The van der Waals surface area contributed by atoms with Gasteiger partial charge in [0.15, 0.2) is 9.84 Å². The van der Waals surface area contributed by atoms with Gasteiger partial charge in [0.05, 0.1) is 17.3 Å². The van der Waals surface area contributed by atoms with Gasteiger partial charge in [-0.05, 0) is 23.8 Å². The minimum atomic E-state index is -3.76. The highest BCUT2D eigenvalue weighted by Gasteiger charge is 2.44. The van der Waals surface area contributed by atoms with Gasteiger partial charge in [-0.25, -0.2) is 8.42 Å². The third-order valence-electron chi connectivity index (χ3n) is 4.07. The number of fused-ring (bicyclic) bond motifs is 1. The molecule has 25 heavy (non-hydrogen) atoms. The van der Waals surface area contributed by atoms with Gasteiger partial charge in [0.25, 0.3) is 0 Å². The lowest BCUT2D eigenvalue weighted by atomic mass is 10.1. The lowest BCUT2D eigenvalue weighted by molar-refractivity contribution is 0.230. The van der Waals surface area contributed by atoms with Crippen molar-refractivity contribution < 1.29 is 27.4 Å². The molecule has 0 fully saturated rings. The molecule has 3 rings (SSSR count). The summed E-state index contributed by atoms with van der Waals surface area (Å²) in [7, 11) is -7.04. The Morgan fingerprint density at radius 1 is 1.08 bits per heavy atom. The number of rotatable bonds is 6. The van der Waals surface area contributed by atoms with E-state index in [0.717, 1.165) is 0 Å². The Morgan fingerprint density at radius 3 is 2.48 bits per heavy atom. The summed E-state index contributed by atoms with van der Waals surface area (Å²) >= 11 is 0. The monoisotopic (exact) mass is 384 g/mol. The Balaban J connectivity index is 2.04. The first-order valence-corrected chi connectivity index (χ1v) is 11.1. The molecular weight excluding hydrogens is 364 g/mol. The van der Waals surface area contributed by atoms with Crippen LogP contribution < -0.4 is 4.74 Å². The van der Waals surface area contributed by atoms with Crippen molar-refractivity contribution in [1.29, 1.82) is 0 Å². The summed E-state index contributed by atoms with van der Waals surface area (Å²) in [4.78, 5) is 0.312. The second kappa shape index (κ2) is 6.97. The summed E-state index contributed by atoms with van der Waals surface area (Å²) in [6, 6.07) is 12.8. The van der Waals surface area contributed by atoms with Crippen molar-refractivity contribution in [2.24, 2.45) is 0 Å². The van der Waals surface area contributed by atoms with Crippen molar-refractivity contribution in [3.8, 4) is 5.75 Å². The molecule has 1 aliphatic rings. The number of benzene rings is 2. The average Bonchev–Trinajstić information content (AvgIpc) is 2.89. The number of aliphatic hydroxyl groups is 1. The van der Waals surface area contributed by atoms with E-state index >= 15 is 0 Å². The van der Waals surface area contributed by atoms with E-state index in [9.17, 15) is 17.5 Å². The minimum absolute atomic E-state index is 0.0454. The summed E-state index contributed by atoms with van der Waals surface area (Å²) in [5, 5.41) is 7.83. The predicted octanol–water partition coefficient (Wildman–Crippen LogP) is 3.09. The van der Waals surface area contributed by atoms with Gasteiger partial charge in [0, 0.05) is 13.0 Å². The molecule has 1 unspecified atom stereocenters. The average molecular weight is 384 g/mol. The number of hydrogen-bond donors (Lipinski definition) is 3. The zero-order valence-corrected chi connectivity index (χ0v) is 15.0. The maximum absolute atomic E-state index is 13.0. The molecule has 1 aliphatic heterocycles. The second-order valence-electron chi connectivity index (χ2n) is 5.78. The first-order valence-electron chi connectivity index (χ1n) is 7.79. The van der Waals surface area contributed by atoms with E-state index < -0.39 is 25.7 Å². The number of sulfone groups is 1. The Bertz CT molecular complexity index is 849.